The van der Waals surface area contributed by atoms with Gasteiger partial charge in [-0.05, 0) is 41.8 Å². The van der Waals surface area contributed by atoms with E-state index in [4.69, 9.17) is 14.6 Å². The van der Waals surface area contributed by atoms with Gasteiger partial charge in [-0.3, -0.25) is 14.5 Å². The fraction of sp³-hybridized carbons (Fsp3) is 0.333. The van der Waals surface area contributed by atoms with Gasteiger partial charge in [0, 0.05) is 19.5 Å². The first kappa shape index (κ1) is 24.3. The van der Waals surface area contributed by atoms with Gasteiger partial charge >= 0.3 is 11.9 Å². The summed E-state index contributed by atoms with van der Waals surface area (Å²) in [6.07, 6.45) is -0.185. The third-order valence-electron chi connectivity index (χ3n) is 4.45. The molecule has 1 atom stereocenters. The van der Waals surface area contributed by atoms with Crippen LogP contribution in [0.1, 0.15) is 24.0 Å². The molecule has 0 aliphatic heterocycles. The van der Waals surface area contributed by atoms with Crippen molar-refractivity contribution in [2.75, 3.05) is 14.2 Å². The van der Waals surface area contributed by atoms with Crippen molar-refractivity contribution in [3.8, 4) is 11.5 Å². The lowest BCUT2D eigenvalue weighted by Crippen LogP contribution is -2.40. The van der Waals surface area contributed by atoms with Crippen LogP contribution >= 0.6 is 12.4 Å². The Morgan fingerprint density at radius 3 is 1.59 bits per heavy atom. The van der Waals surface area contributed by atoms with E-state index < -0.39 is 18.0 Å². The average Bonchev–Trinajstić information content (AvgIpc) is 2.68. The van der Waals surface area contributed by atoms with E-state index >= 15 is 0 Å². The number of benzene rings is 2. The Morgan fingerprint density at radius 1 is 0.862 bits per heavy atom. The third-order valence-corrected chi connectivity index (χ3v) is 4.45. The van der Waals surface area contributed by atoms with Gasteiger partial charge in [0.25, 0.3) is 0 Å². The van der Waals surface area contributed by atoms with Crippen molar-refractivity contribution in [3.63, 3.8) is 0 Å². The van der Waals surface area contributed by atoms with E-state index in [1.165, 1.54) is 0 Å². The molecule has 0 aliphatic rings. The molecule has 29 heavy (non-hydrogen) atoms. The zero-order valence-corrected chi connectivity index (χ0v) is 17.2. The number of aliphatic carboxylic acids is 2. The zero-order chi connectivity index (χ0) is 20.5. The van der Waals surface area contributed by atoms with Crippen LogP contribution in [-0.2, 0) is 22.7 Å². The first-order valence-electron chi connectivity index (χ1n) is 8.87. The molecule has 0 aromatic heterocycles. The summed E-state index contributed by atoms with van der Waals surface area (Å²) >= 11 is 0. The second-order valence-electron chi connectivity index (χ2n) is 6.39. The molecule has 158 valence electrons. The molecule has 0 aliphatic carbocycles. The Hall–Kier alpha value is -2.77. The van der Waals surface area contributed by atoms with Crippen LogP contribution in [0.2, 0.25) is 0 Å². The quantitative estimate of drug-likeness (QED) is 0.571. The van der Waals surface area contributed by atoms with Crippen molar-refractivity contribution in [1.82, 2.24) is 4.90 Å². The van der Waals surface area contributed by atoms with E-state index in [-0.39, 0.29) is 25.2 Å². The number of carboxylic acid groups (broad SMARTS) is 2. The second-order valence-corrected chi connectivity index (χ2v) is 6.39. The summed E-state index contributed by atoms with van der Waals surface area (Å²) in [5.41, 5.74) is 1.83. The molecule has 8 heteroatoms. The molecule has 0 spiro atoms. The van der Waals surface area contributed by atoms with Crippen molar-refractivity contribution in [3.05, 3.63) is 59.7 Å². The number of nitrogens with zero attached hydrogens (tertiary/aromatic N) is 1. The predicted molar refractivity (Wildman–Crippen MR) is 111 cm³/mol. The van der Waals surface area contributed by atoms with Crippen LogP contribution in [0.5, 0.6) is 11.5 Å². The Morgan fingerprint density at radius 2 is 1.28 bits per heavy atom. The van der Waals surface area contributed by atoms with Gasteiger partial charge in [0.15, 0.2) is 0 Å². The molecule has 0 saturated carbocycles. The van der Waals surface area contributed by atoms with Crippen molar-refractivity contribution >= 4 is 24.3 Å². The molecule has 0 radical (unpaired) electrons. The van der Waals surface area contributed by atoms with Crippen LogP contribution in [0.15, 0.2) is 48.5 Å². The molecule has 2 aromatic carbocycles. The molecule has 0 heterocycles. The number of ether oxygens (including phenoxy) is 2. The van der Waals surface area contributed by atoms with Crippen molar-refractivity contribution in [1.29, 1.82) is 0 Å². The highest BCUT2D eigenvalue weighted by molar-refractivity contribution is 5.85. The summed E-state index contributed by atoms with van der Waals surface area (Å²) < 4.78 is 10.3. The predicted octanol–water partition coefficient (Wildman–Crippen LogP) is 3.45. The molecular formula is C21H26ClNO6. The molecule has 2 N–H and O–H groups in total. The number of hydrogen-bond acceptors (Lipinski definition) is 5. The lowest BCUT2D eigenvalue weighted by molar-refractivity contribution is -0.145. The summed E-state index contributed by atoms with van der Waals surface area (Å²) in [4.78, 5) is 24.6. The Bertz CT molecular complexity index is 729. The minimum Gasteiger partial charge on any atom is -0.497 e. The number of methoxy groups -OCH3 is 2. The van der Waals surface area contributed by atoms with Gasteiger partial charge in [0.1, 0.15) is 17.5 Å². The van der Waals surface area contributed by atoms with E-state index in [1.54, 1.807) is 19.1 Å². The summed E-state index contributed by atoms with van der Waals surface area (Å²) in [5, 5.41) is 18.7. The van der Waals surface area contributed by atoms with E-state index in [0.29, 0.717) is 24.6 Å². The van der Waals surface area contributed by atoms with Crippen LogP contribution in [0, 0.1) is 0 Å². The number of halogens is 1. The highest BCUT2D eigenvalue weighted by Gasteiger charge is 2.26. The standard InChI is InChI=1S/C21H25NO6.ClH/c1-27-17-7-3-15(4-8-17)13-22(19(21(25)26)11-12-20(23)24)14-16-5-9-18(28-2)10-6-16;/h3-10,19H,11-14H2,1-2H3,(H,23,24)(H,25,26);1H/t19-;/m0./s1. The molecule has 2 aromatic rings. The highest BCUT2D eigenvalue weighted by Crippen LogP contribution is 2.20. The van der Waals surface area contributed by atoms with Crippen LogP contribution in [0.3, 0.4) is 0 Å². The molecule has 0 fully saturated rings. The minimum atomic E-state index is -1.04. The number of carbonyl (C=O) groups is 2. The van der Waals surface area contributed by atoms with Crippen LogP contribution in [0.25, 0.3) is 0 Å². The van der Waals surface area contributed by atoms with E-state index in [1.807, 2.05) is 48.5 Å². The maximum Gasteiger partial charge on any atom is 0.320 e. The van der Waals surface area contributed by atoms with Gasteiger partial charge in [0.2, 0.25) is 0 Å². The van der Waals surface area contributed by atoms with E-state index in [2.05, 4.69) is 0 Å². The van der Waals surface area contributed by atoms with Gasteiger partial charge in [-0.15, -0.1) is 12.4 Å². The normalized spacial score (nSPS) is 11.4. The van der Waals surface area contributed by atoms with E-state index in [0.717, 1.165) is 11.1 Å². The molecule has 0 unspecified atom stereocenters. The topological polar surface area (TPSA) is 96.3 Å². The highest BCUT2D eigenvalue weighted by atomic mass is 35.5. The maximum absolute atomic E-state index is 11.9. The molecule has 2 rings (SSSR count). The van der Waals surface area contributed by atoms with Gasteiger partial charge in [-0.25, -0.2) is 0 Å². The second kappa shape index (κ2) is 11.9. The number of hydrogen-bond donors (Lipinski definition) is 2. The molecule has 0 bridgehead atoms. The summed E-state index contributed by atoms with van der Waals surface area (Å²) in [6.45, 7) is 0.735. The summed E-state index contributed by atoms with van der Waals surface area (Å²) in [6, 6.07) is 13.8. The monoisotopic (exact) mass is 423 g/mol. The Kier molecular flexibility index (Phi) is 9.99. The SMILES string of the molecule is COc1ccc(CN(Cc2ccc(OC)cc2)[C@@H](CCC(=O)O)C(=O)O)cc1.Cl. The minimum absolute atomic E-state index is 0. The third kappa shape index (κ3) is 7.63. The van der Waals surface area contributed by atoms with E-state index in [9.17, 15) is 14.7 Å². The first-order chi connectivity index (χ1) is 13.4. The van der Waals surface area contributed by atoms with Crippen molar-refractivity contribution < 1.29 is 29.3 Å². The Labute approximate surface area is 176 Å². The molecule has 7 nitrogen and oxygen atoms in total. The van der Waals surface area contributed by atoms with Crippen LogP contribution < -0.4 is 9.47 Å². The van der Waals surface area contributed by atoms with Crippen LogP contribution in [-0.4, -0.2) is 47.3 Å². The maximum atomic E-state index is 11.9. The molecule has 0 saturated heterocycles. The molecular weight excluding hydrogens is 398 g/mol. The largest absolute Gasteiger partial charge is 0.497 e. The lowest BCUT2D eigenvalue weighted by Gasteiger charge is -2.29. The zero-order valence-electron chi connectivity index (χ0n) is 16.4. The summed E-state index contributed by atoms with van der Waals surface area (Å²) in [7, 11) is 3.16. The number of carboxylic acids is 2. The van der Waals surface area contributed by atoms with Crippen molar-refractivity contribution in [2.45, 2.75) is 32.0 Å². The van der Waals surface area contributed by atoms with Gasteiger partial charge < -0.3 is 19.7 Å². The van der Waals surface area contributed by atoms with Crippen molar-refractivity contribution in [2.24, 2.45) is 0 Å². The fourth-order valence-electron chi connectivity index (χ4n) is 2.93. The molecule has 0 amide bonds. The van der Waals surface area contributed by atoms with Crippen LogP contribution in [0.4, 0.5) is 0 Å². The lowest BCUT2D eigenvalue weighted by atomic mass is 10.1. The Balaban J connectivity index is 0.00000420. The number of rotatable bonds is 11. The smallest absolute Gasteiger partial charge is 0.320 e. The van der Waals surface area contributed by atoms with Gasteiger partial charge in [-0.1, -0.05) is 24.3 Å². The average molecular weight is 424 g/mol. The fourth-order valence-corrected chi connectivity index (χ4v) is 2.93. The van der Waals surface area contributed by atoms with Gasteiger partial charge in [0.05, 0.1) is 14.2 Å². The summed E-state index contributed by atoms with van der Waals surface area (Å²) in [5.74, 6) is -0.624. The van der Waals surface area contributed by atoms with Gasteiger partial charge in [-0.2, -0.15) is 0 Å². The first-order valence-corrected chi connectivity index (χ1v) is 8.87.